The van der Waals surface area contributed by atoms with Crippen molar-refractivity contribution in [2.45, 2.75) is 16.8 Å². The van der Waals surface area contributed by atoms with Crippen molar-refractivity contribution in [2.24, 2.45) is 0 Å². The second-order valence-corrected chi connectivity index (χ2v) is 7.95. The van der Waals surface area contributed by atoms with Gasteiger partial charge in [0.2, 0.25) is 0 Å². The molecular formula is C23H23N3OS. The fourth-order valence-corrected chi connectivity index (χ4v) is 4.20. The van der Waals surface area contributed by atoms with E-state index in [-0.39, 0.29) is 5.91 Å². The normalized spacial score (nSPS) is 14.2. The Morgan fingerprint density at radius 1 is 0.893 bits per heavy atom. The van der Waals surface area contributed by atoms with Crippen LogP contribution in [0.2, 0.25) is 0 Å². The molecule has 2 aromatic carbocycles. The first-order valence-electron chi connectivity index (χ1n) is 9.49. The number of amides is 1. The Morgan fingerprint density at radius 2 is 1.61 bits per heavy atom. The van der Waals surface area contributed by atoms with Crippen LogP contribution in [0.25, 0.3) is 0 Å². The van der Waals surface area contributed by atoms with E-state index in [2.05, 4.69) is 65.3 Å². The Bertz CT molecular complexity index is 936. The molecule has 4 rings (SSSR count). The number of piperazine rings is 1. The number of benzene rings is 2. The number of pyridine rings is 1. The van der Waals surface area contributed by atoms with Crippen LogP contribution in [-0.2, 0) is 0 Å². The standard InChI is InChI=1S/C23H23N3OS/c1-18-9-11-20(12-10-18)28-22-21(8-5-13-24-22)23(27)26-16-14-25(15-17-26)19-6-3-2-4-7-19/h2-13H,14-17H2,1H3. The molecule has 0 bridgehead atoms. The molecule has 1 aromatic heterocycles. The summed E-state index contributed by atoms with van der Waals surface area (Å²) in [7, 11) is 0. The largest absolute Gasteiger partial charge is 0.368 e. The number of para-hydroxylation sites is 1. The summed E-state index contributed by atoms with van der Waals surface area (Å²) in [5, 5.41) is 0.766. The Balaban J connectivity index is 1.46. The summed E-state index contributed by atoms with van der Waals surface area (Å²) in [5.41, 5.74) is 3.12. The van der Waals surface area contributed by atoms with E-state index in [1.165, 1.54) is 11.3 Å². The Kier molecular flexibility index (Phi) is 5.63. The fraction of sp³-hybridized carbons (Fsp3) is 0.217. The minimum Gasteiger partial charge on any atom is -0.368 e. The van der Waals surface area contributed by atoms with Gasteiger partial charge in [0.25, 0.3) is 5.91 Å². The average Bonchev–Trinajstić information content (AvgIpc) is 2.76. The van der Waals surface area contributed by atoms with Gasteiger partial charge in [-0.05, 0) is 43.3 Å². The number of carbonyl (C=O) groups excluding carboxylic acids is 1. The van der Waals surface area contributed by atoms with Crippen molar-refractivity contribution >= 4 is 23.4 Å². The minimum absolute atomic E-state index is 0.0652. The van der Waals surface area contributed by atoms with Gasteiger partial charge in [-0.1, -0.05) is 47.7 Å². The molecule has 1 fully saturated rings. The molecule has 1 aliphatic rings. The van der Waals surface area contributed by atoms with E-state index < -0.39 is 0 Å². The molecule has 5 heteroatoms. The summed E-state index contributed by atoms with van der Waals surface area (Å²) in [4.78, 5) is 23.0. The Labute approximate surface area is 170 Å². The zero-order chi connectivity index (χ0) is 19.3. The van der Waals surface area contributed by atoms with Gasteiger partial charge in [-0.3, -0.25) is 4.79 Å². The predicted molar refractivity (Wildman–Crippen MR) is 114 cm³/mol. The van der Waals surface area contributed by atoms with E-state index in [9.17, 15) is 4.79 Å². The van der Waals surface area contributed by atoms with E-state index in [1.807, 2.05) is 23.1 Å². The van der Waals surface area contributed by atoms with E-state index in [1.54, 1.807) is 18.0 Å². The number of carbonyl (C=O) groups is 1. The number of nitrogens with zero attached hydrogens (tertiary/aromatic N) is 3. The van der Waals surface area contributed by atoms with Crippen LogP contribution in [0.4, 0.5) is 5.69 Å². The maximum absolute atomic E-state index is 13.2. The molecular weight excluding hydrogens is 366 g/mol. The van der Waals surface area contributed by atoms with Crippen molar-refractivity contribution in [2.75, 3.05) is 31.1 Å². The molecule has 0 radical (unpaired) electrons. The monoisotopic (exact) mass is 389 g/mol. The third kappa shape index (κ3) is 4.20. The molecule has 0 atom stereocenters. The Morgan fingerprint density at radius 3 is 2.32 bits per heavy atom. The first-order chi connectivity index (χ1) is 13.7. The van der Waals surface area contributed by atoms with Crippen molar-refractivity contribution < 1.29 is 4.79 Å². The Hall–Kier alpha value is -2.79. The molecule has 2 heterocycles. The van der Waals surface area contributed by atoms with Crippen LogP contribution >= 0.6 is 11.8 Å². The molecule has 28 heavy (non-hydrogen) atoms. The molecule has 0 saturated carbocycles. The summed E-state index contributed by atoms with van der Waals surface area (Å²) in [6.07, 6.45) is 1.75. The van der Waals surface area contributed by atoms with Crippen molar-refractivity contribution in [3.8, 4) is 0 Å². The zero-order valence-electron chi connectivity index (χ0n) is 15.9. The lowest BCUT2D eigenvalue weighted by molar-refractivity contribution is 0.0742. The molecule has 0 aliphatic carbocycles. The highest BCUT2D eigenvalue weighted by Gasteiger charge is 2.24. The molecule has 4 nitrogen and oxygen atoms in total. The summed E-state index contributed by atoms with van der Waals surface area (Å²) in [5.74, 6) is 0.0652. The lowest BCUT2D eigenvalue weighted by Crippen LogP contribution is -2.48. The maximum Gasteiger partial charge on any atom is 0.256 e. The number of rotatable bonds is 4. The van der Waals surface area contributed by atoms with Crippen molar-refractivity contribution in [3.05, 3.63) is 84.1 Å². The lowest BCUT2D eigenvalue weighted by atomic mass is 10.2. The van der Waals surface area contributed by atoms with Crippen LogP contribution in [-0.4, -0.2) is 42.0 Å². The number of aromatic nitrogens is 1. The fourth-order valence-electron chi connectivity index (χ4n) is 3.33. The van der Waals surface area contributed by atoms with Crippen LogP contribution in [0.3, 0.4) is 0 Å². The van der Waals surface area contributed by atoms with Gasteiger partial charge in [0.15, 0.2) is 0 Å². The summed E-state index contributed by atoms with van der Waals surface area (Å²) in [6, 6.07) is 22.4. The molecule has 1 aliphatic heterocycles. The van der Waals surface area contributed by atoms with Gasteiger partial charge in [0, 0.05) is 43.0 Å². The molecule has 0 unspecified atom stereocenters. The molecule has 0 spiro atoms. The SMILES string of the molecule is Cc1ccc(Sc2ncccc2C(=O)N2CCN(c3ccccc3)CC2)cc1. The van der Waals surface area contributed by atoms with Crippen LogP contribution < -0.4 is 4.90 Å². The summed E-state index contributed by atoms with van der Waals surface area (Å²) >= 11 is 1.54. The van der Waals surface area contributed by atoms with Crippen LogP contribution in [0, 0.1) is 6.92 Å². The van der Waals surface area contributed by atoms with E-state index in [0.29, 0.717) is 5.56 Å². The topological polar surface area (TPSA) is 36.4 Å². The van der Waals surface area contributed by atoms with Gasteiger partial charge in [0.05, 0.1) is 5.56 Å². The third-order valence-electron chi connectivity index (χ3n) is 4.93. The van der Waals surface area contributed by atoms with Gasteiger partial charge < -0.3 is 9.80 Å². The van der Waals surface area contributed by atoms with Crippen molar-refractivity contribution in [1.82, 2.24) is 9.88 Å². The molecule has 3 aromatic rings. The van der Waals surface area contributed by atoms with Crippen molar-refractivity contribution in [3.63, 3.8) is 0 Å². The molecule has 1 amide bonds. The van der Waals surface area contributed by atoms with Crippen LogP contribution in [0.5, 0.6) is 0 Å². The molecule has 1 saturated heterocycles. The number of hydrogen-bond donors (Lipinski definition) is 0. The second kappa shape index (κ2) is 8.48. The number of anilines is 1. The highest BCUT2D eigenvalue weighted by molar-refractivity contribution is 7.99. The van der Waals surface area contributed by atoms with Gasteiger partial charge in [-0.15, -0.1) is 0 Å². The zero-order valence-corrected chi connectivity index (χ0v) is 16.7. The highest BCUT2D eigenvalue weighted by Crippen LogP contribution is 2.29. The first kappa shape index (κ1) is 18.6. The quantitative estimate of drug-likeness (QED) is 0.658. The minimum atomic E-state index is 0.0652. The number of aryl methyl sites for hydroxylation is 1. The van der Waals surface area contributed by atoms with E-state index >= 15 is 0 Å². The van der Waals surface area contributed by atoms with Crippen LogP contribution in [0.1, 0.15) is 15.9 Å². The summed E-state index contributed by atoms with van der Waals surface area (Å²) in [6.45, 7) is 5.20. The molecule has 0 N–H and O–H groups in total. The van der Waals surface area contributed by atoms with E-state index in [0.717, 1.165) is 36.1 Å². The second-order valence-electron chi connectivity index (χ2n) is 6.89. The first-order valence-corrected chi connectivity index (χ1v) is 10.3. The van der Waals surface area contributed by atoms with Gasteiger partial charge in [-0.2, -0.15) is 0 Å². The third-order valence-corrected chi connectivity index (χ3v) is 5.95. The van der Waals surface area contributed by atoms with Crippen LogP contribution in [0.15, 0.2) is 82.8 Å². The van der Waals surface area contributed by atoms with Gasteiger partial charge in [-0.25, -0.2) is 4.98 Å². The lowest BCUT2D eigenvalue weighted by Gasteiger charge is -2.36. The number of hydrogen-bond acceptors (Lipinski definition) is 4. The van der Waals surface area contributed by atoms with E-state index in [4.69, 9.17) is 0 Å². The van der Waals surface area contributed by atoms with Gasteiger partial charge in [0.1, 0.15) is 5.03 Å². The summed E-state index contributed by atoms with van der Waals surface area (Å²) < 4.78 is 0. The predicted octanol–water partition coefficient (Wildman–Crippen LogP) is 4.50. The highest BCUT2D eigenvalue weighted by atomic mass is 32.2. The molecule has 142 valence electrons. The smallest absolute Gasteiger partial charge is 0.256 e. The average molecular weight is 390 g/mol. The maximum atomic E-state index is 13.2. The van der Waals surface area contributed by atoms with Crippen molar-refractivity contribution in [1.29, 1.82) is 0 Å². The van der Waals surface area contributed by atoms with Gasteiger partial charge >= 0.3 is 0 Å².